The van der Waals surface area contributed by atoms with Crippen LogP contribution in [0.15, 0.2) is 42.6 Å². The van der Waals surface area contributed by atoms with Gasteiger partial charge in [-0.15, -0.1) is 0 Å². The minimum atomic E-state index is -0.814. The minimum Gasteiger partial charge on any atom is -0.390 e. The first-order valence-corrected chi connectivity index (χ1v) is 13.2. The number of ketones is 1. The van der Waals surface area contributed by atoms with Crippen LogP contribution in [0.2, 0.25) is 5.02 Å². The summed E-state index contributed by atoms with van der Waals surface area (Å²) < 4.78 is 1.98. The second-order valence-corrected chi connectivity index (χ2v) is 10.8. The molecule has 1 amide bonds. The topological polar surface area (TPSA) is 84.2 Å². The Morgan fingerprint density at radius 3 is 2.53 bits per heavy atom. The highest BCUT2D eigenvalue weighted by Crippen LogP contribution is 2.24. The van der Waals surface area contributed by atoms with Crippen molar-refractivity contribution in [3.63, 3.8) is 0 Å². The summed E-state index contributed by atoms with van der Waals surface area (Å²) in [7, 11) is 0. The molecule has 0 spiro atoms. The van der Waals surface area contributed by atoms with E-state index in [-0.39, 0.29) is 11.7 Å². The van der Waals surface area contributed by atoms with E-state index in [1.165, 1.54) is 0 Å². The highest BCUT2D eigenvalue weighted by Gasteiger charge is 2.17. The van der Waals surface area contributed by atoms with E-state index in [2.05, 4.69) is 12.2 Å². The first-order valence-electron chi connectivity index (χ1n) is 12.8. The maximum Gasteiger partial charge on any atom is 0.251 e. The molecule has 7 heteroatoms. The van der Waals surface area contributed by atoms with Gasteiger partial charge in [-0.05, 0) is 94.3 Å². The van der Waals surface area contributed by atoms with Crippen LogP contribution in [0.25, 0.3) is 10.9 Å². The lowest BCUT2D eigenvalue weighted by Crippen LogP contribution is -2.31. The number of benzene rings is 2. The number of aromatic nitrogens is 2. The number of fused-ring (bicyclic) bond motifs is 1. The van der Waals surface area contributed by atoms with Gasteiger partial charge in [-0.3, -0.25) is 14.3 Å². The zero-order valence-corrected chi connectivity index (χ0v) is 22.6. The third-order valence-electron chi connectivity index (χ3n) is 6.60. The van der Waals surface area contributed by atoms with Crippen LogP contribution >= 0.6 is 11.6 Å². The molecule has 36 heavy (non-hydrogen) atoms. The second kappa shape index (κ2) is 12.5. The Morgan fingerprint density at radius 2 is 1.86 bits per heavy atom. The standard InChI is InChI=1S/C29H38ClN3O3/c1-5-7-21(8-6-9-27(34)22-10-12-23(30)13-11-22)18-33-19-25-20(2)24(14-15-26(25)32-33)28(35)31-17-16-29(3,4)36/h10-15,19,21,36H,5-9,16-18H2,1-4H3,(H,31,35). The number of rotatable bonds is 13. The second-order valence-electron chi connectivity index (χ2n) is 10.3. The van der Waals surface area contributed by atoms with E-state index in [0.29, 0.717) is 41.5 Å². The molecule has 0 bridgehead atoms. The number of nitrogens with one attached hydrogen (secondary N) is 1. The minimum absolute atomic E-state index is 0.138. The lowest BCUT2D eigenvalue weighted by molar-refractivity contribution is 0.0692. The Balaban J connectivity index is 1.62. The maximum atomic E-state index is 12.7. The summed E-state index contributed by atoms with van der Waals surface area (Å²) in [5.74, 6) is 0.434. The van der Waals surface area contributed by atoms with Gasteiger partial charge in [0.05, 0.1) is 11.1 Å². The summed E-state index contributed by atoms with van der Waals surface area (Å²) in [4.78, 5) is 25.2. The van der Waals surface area contributed by atoms with Crippen molar-refractivity contribution in [2.75, 3.05) is 6.54 Å². The van der Waals surface area contributed by atoms with Crippen LogP contribution in [-0.4, -0.2) is 38.7 Å². The largest absolute Gasteiger partial charge is 0.390 e. The first kappa shape index (κ1) is 27.9. The molecule has 1 aromatic heterocycles. The van der Waals surface area contributed by atoms with Gasteiger partial charge in [0.25, 0.3) is 5.91 Å². The molecular weight excluding hydrogens is 474 g/mol. The van der Waals surface area contributed by atoms with Crippen LogP contribution in [0.1, 0.15) is 85.6 Å². The molecule has 0 fully saturated rings. The van der Waals surface area contributed by atoms with Crippen molar-refractivity contribution in [2.45, 2.75) is 78.4 Å². The number of nitrogens with zero attached hydrogens (tertiary/aromatic N) is 2. The highest BCUT2D eigenvalue weighted by atomic mass is 35.5. The summed E-state index contributed by atoms with van der Waals surface area (Å²) >= 11 is 5.92. The molecule has 2 aromatic carbocycles. The molecule has 0 saturated carbocycles. The molecule has 1 atom stereocenters. The Hall–Kier alpha value is -2.70. The van der Waals surface area contributed by atoms with Crippen LogP contribution in [0.3, 0.4) is 0 Å². The zero-order valence-electron chi connectivity index (χ0n) is 21.8. The van der Waals surface area contributed by atoms with E-state index < -0.39 is 5.60 Å². The summed E-state index contributed by atoms with van der Waals surface area (Å²) in [6.45, 7) is 8.79. The molecule has 0 aliphatic heterocycles. The number of hydrogen-bond donors (Lipinski definition) is 2. The van der Waals surface area contributed by atoms with E-state index in [1.54, 1.807) is 38.1 Å². The number of halogens is 1. The third-order valence-corrected chi connectivity index (χ3v) is 6.85. The van der Waals surface area contributed by atoms with E-state index in [4.69, 9.17) is 16.7 Å². The fraction of sp³-hybridized carbons (Fsp3) is 0.483. The quantitative estimate of drug-likeness (QED) is 0.261. The average Bonchev–Trinajstić information content (AvgIpc) is 3.22. The number of amides is 1. The molecule has 3 aromatic rings. The van der Waals surface area contributed by atoms with Crippen molar-refractivity contribution in [1.29, 1.82) is 0 Å². The molecule has 1 unspecified atom stereocenters. The SMILES string of the molecule is CCCC(CCCC(=O)c1ccc(Cl)cc1)Cn1cc2c(C)c(C(=O)NCCC(C)(C)O)ccc2n1. The molecule has 0 aliphatic carbocycles. The molecule has 0 aliphatic rings. The molecule has 6 nitrogen and oxygen atoms in total. The summed E-state index contributed by atoms with van der Waals surface area (Å²) in [5.41, 5.74) is 2.29. The number of aliphatic hydroxyl groups is 1. The van der Waals surface area contributed by atoms with E-state index in [0.717, 1.165) is 48.7 Å². The van der Waals surface area contributed by atoms with Gasteiger partial charge in [0.2, 0.25) is 0 Å². The lowest BCUT2D eigenvalue weighted by Gasteiger charge is -2.17. The predicted octanol–water partition coefficient (Wildman–Crippen LogP) is 6.36. The monoisotopic (exact) mass is 511 g/mol. The number of carbonyl (C=O) groups excluding carboxylic acids is 2. The molecule has 194 valence electrons. The molecule has 1 heterocycles. The van der Waals surface area contributed by atoms with Gasteiger partial charge in [0.1, 0.15) is 0 Å². The third kappa shape index (κ3) is 7.90. The normalized spacial score (nSPS) is 12.6. The molecular formula is C29H38ClN3O3. The van der Waals surface area contributed by atoms with Gasteiger partial charge in [-0.25, -0.2) is 0 Å². The number of hydrogen-bond acceptors (Lipinski definition) is 4. The van der Waals surface area contributed by atoms with Crippen LogP contribution < -0.4 is 5.32 Å². The molecule has 0 radical (unpaired) electrons. The van der Waals surface area contributed by atoms with E-state index in [1.807, 2.05) is 29.9 Å². The van der Waals surface area contributed by atoms with E-state index >= 15 is 0 Å². The zero-order chi connectivity index (χ0) is 26.3. The van der Waals surface area contributed by atoms with Gasteiger partial charge in [0, 0.05) is 47.2 Å². The average molecular weight is 512 g/mol. The first-order chi connectivity index (χ1) is 17.1. The van der Waals surface area contributed by atoms with Gasteiger partial charge >= 0.3 is 0 Å². The van der Waals surface area contributed by atoms with Crippen LogP contribution in [0, 0.1) is 12.8 Å². The Morgan fingerprint density at radius 1 is 1.14 bits per heavy atom. The maximum absolute atomic E-state index is 12.7. The molecule has 0 saturated heterocycles. The molecule has 2 N–H and O–H groups in total. The number of carbonyl (C=O) groups is 2. The van der Waals surface area contributed by atoms with Crippen molar-refractivity contribution < 1.29 is 14.7 Å². The van der Waals surface area contributed by atoms with Crippen molar-refractivity contribution in [1.82, 2.24) is 15.1 Å². The fourth-order valence-corrected chi connectivity index (χ4v) is 4.65. The Kier molecular flexibility index (Phi) is 9.69. The van der Waals surface area contributed by atoms with Gasteiger partial charge in [-0.1, -0.05) is 24.9 Å². The van der Waals surface area contributed by atoms with Crippen molar-refractivity contribution >= 4 is 34.2 Å². The van der Waals surface area contributed by atoms with Gasteiger partial charge < -0.3 is 10.4 Å². The van der Waals surface area contributed by atoms with Crippen LogP contribution in [0.5, 0.6) is 0 Å². The summed E-state index contributed by atoms with van der Waals surface area (Å²) in [6.07, 6.45) is 6.97. The highest BCUT2D eigenvalue weighted by molar-refractivity contribution is 6.30. The summed E-state index contributed by atoms with van der Waals surface area (Å²) in [6, 6.07) is 10.8. The Labute approximate surface area is 219 Å². The van der Waals surface area contributed by atoms with Crippen molar-refractivity contribution in [3.8, 4) is 0 Å². The van der Waals surface area contributed by atoms with Crippen LogP contribution in [-0.2, 0) is 6.54 Å². The Bertz CT molecular complexity index is 1180. The number of aryl methyl sites for hydroxylation is 1. The summed E-state index contributed by atoms with van der Waals surface area (Å²) in [5, 5.41) is 19.1. The fourth-order valence-electron chi connectivity index (χ4n) is 4.53. The molecule has 3 rings (SSSR count). The predicted molar refractivity (Wildman–Crippen MR) is 146 cm³/mol. The smallest absolute Gasteiger partial charge is 0.251 e. The van der Waals surface area contributed by atoms with Crippen molar-refractivity contribution in [2.24, 2.45) is 5.92 Å². The van der Waals surface area contributed by atoms with E-state index in [9.17, 15) is 14.7 Å². The van der Waals surface area contributed by atoms with Gasteiger partial charge in [0.15, 0.2) is 5.78 Å². The lowest BCUT2D eigenvalue weighted by atomic mass is 9.95. The van der Waals surface area contributed by atoms with Crippen molar-refractivity contribution in [3.05, 3.63) is 64.3 Å². The number of Topliss-reactive ketones (excluding diaryl/α,β-unsaturated/α-hetero) is 1. The van der Waals surface area contributed by atoms with Crippen LogP contribution in [0.4, 0.5) is 0 Å². The van der Waals surface area contributed by atoms with Gasteiger partial charge in [-0.2, -0.15) is 5.10 Å².